The highest BCUT2D eigenvalue weighted by molar-refractivity contribution is 7.90. The zero-order valence-electron chi connectivity index (χ0n) is 10.3. The van der Waals surface area contributed by atoms with Gasteiger partial charge in [0.25, 0.3) is 0 Å². The lowest BCUT2D eigenvalue weighted by Crippen LogP contribution is -2.10. The van der Waals surface area contributed by atoms with Gasteiger partial charge in [0.15, 0.2) is 0 Å². The molecule has 5 heteroatoms. The van der Waals surface area contributed by atoms with Crippen LogP contribution in [-0.4, -0.2) is 33.6 Å². The predicted molar refractivity (Wildman–Crippen MR) is 70.4 cm³/mol. The molecule has 0 spiro atoms. The number of ether oxygens (including phenoxy) is 1. The van der Waals surface area contributed by atoms with E-state index in [0.29, 0.717) is 19.6 Å². The second-order valence-corrected chi connectivity index (χ2v) is 6.10. The number of hydrogen-bond donors (Lipinski definition) is 1. The van der Waals surface area contributed by atoms with Gasteiger partial charge in [-0.2, -0.15) is 0 Å². The van der Waals surface area contributed by atoms with Crippen molar-refractivity contribution in [3.63, 3.8) is 0 Å². The molecule has 96 valence electrons. The molecule has 0 radical (unpaired) electrons. The number of rotatable bonds is 7. The highest BCUT2D eigenvalue weighted by atomic mass is 32.2. The van der Waals surface area contributed by atoms with Gasteiger partial charge in [0, 0.05) is 12.8 Å². The third-order valence-corrected chi connectivity index (χ3v) is 3.22. The Hall–Kier alpha value is -1.23. The van der Waals surface area contributed by atoms with Gasteiger partial charge in [-0.3, -0.25) is 0 Å². The number of para-hydroxylation sites is 2. The maximum absolute atomic E-state index is 11.0. The van der Waals surface area contributed by atoms with Crippen molar-refractivity contribution in [2.45, 2.75) is 13.3 Å². The molecule has 0 heterocycles. The molecule has 1 aromatic carbocycles. The van der Waals surface area contributed by atoms with Gasteiger partial charge in [0.1, 0.15) is 15.6 Å². The average Bonchev–Trinajstić information content (AvgIpc) is 2.25. The van der Waals surface area contributed by atoms with E-state index < -0.39 is 9.84 Å². The van der Waals surface area contributed by atoms with Crippen molar-refractivity contribution in [2.24, 2.45) is 0 Å². The van der Waals surface area contributed by atoms with Gasteiger partial charge in [-0.1, -0.05) is 12.1 Å². The Labute approximate surface area is 103 Å². The molecule has 0 fully saturated rings. The van der Waals surface area contributed by atoms with Crippen LogP contribution >= 0.6 is 0 Å². The zero-order chi connectivity index (χ0) is 12.7. The lowest BCUT2D eigenvalue weighted by Gasteiger charge is -2.11. The Bertz CT molecular complexity index is 443. The van der Waals surface area contributed by atoms with Crippen LogP contribution < -0.4 is 10.1 Å². The van der Waals surface area contributed by atoms with E-state index in [1.165, 1.54) is 6.26 Å². The molecule has 17 heavy (non-hydrogen) atoms. The number of hydrogen-bond acceptors (Lipinski definition) is 4. The lowest BCUT2D eigenvalue weighted by molar-refractivity contribution is 0.341. The molecule has 0 saturated carbocycles. The van der Waals surface area contributed by atoms with Crippen LogP contribution in [-0.2, 0) is 9.84 Å². The van der Waals surface area contributed by atoms with Crippen LogP contribution in [0.15, 0.2) is 24.3 Å². The molecule has 0 aliphatic carbocycles. The van der Waals surface area contributed by atoms with Gasteiger partial charge < -0.3 is 10.1 Å². The Morgan fingerprint density at radius 2 is 2.00 bits per heavy atom. The first-order valence-corrected chi connectivity index (χ1v) is 7.72. The van der Waals surface area contributed by atoms with Crippen molar-refractivity contribution >= 4 is 15.5 Å². The van der Waals surface area contributed by atoms with E-state index in [4.69, 9.17) is 4.74 Å². The summed E-state index contributed by atoms with van der Waals surface area (Å²) in [5, 5.41) is 3.18. The minimum absolute atomic E-state index is 0.205. The maximum Gasteiger partial charge on any atom is 0.147 e. The molecular weight excluding hydrogens is 238 g/mol. The fourth-order valence-corrected chi connectivity index (χ4v) is 2.12. The second kappa shape index (κ2) is 6.49. The van der Waals surface area contributed by atoms with Gasteiger partial charge in [0.05, 0.1) is 18.0 Å². The molecule has 1 N–H and O–H groups in total. The van der Waals surface area contributed by atoms with Crippen molar-refractivity contribution in [3.05, 3.63) is 24.3 Å². The van der Waals surface area contributed by atoms with Crippen LogP contribution in [0, 0.1) is 0 Å². The Morgan fingerprint density at radius 3 is 2.65 bits per heavy atom. The molecule has 1 aromatic rings. The van der Waals surface area contributed by atoms with E-state index in [1.807, 2.05) is 31.2 Å². The summed E-state index contributed by atoms with van der Waals surface area (Å²) < 4.78 is 27.4. The quantitative estimate of drug-likeness (QED) is 0.758. The van der Waals surface area contributed by atoms with Crippen molar-refractivity contribution in [2.75, 3.05) is 30.5 Å². The zero-order valence-corrected chi connectivity index (χ0v) is 11.1. The summed E-state index contributed by atoms with van der Waals surface area (Å²) in [6.07, 6.45) is 1.85. The molecule has 0 amide bonds. The molecule has 0 saturated heterocycles. The van der Waals surface area contributed by atoms with E-state index in [0.717, 1.165) is 11.4 Å². The first kappa shape index (κ1) is 13.8. The number of nitrogens with one attached hydrogen (secondary N) is 1. The molecule has 0 atom stereocenters. The van der Waals surface area contributed by atoms with Crippen molar-refractivity contribution in [1.82, 2.24) is 0 Å². The van der Waals surface area contributed by atoms with Crippen molar-refractivity contribution in [3.8, 4) is 5.75 Å². The topological polar surface area (TPSA) is 55.4 Å². The first-order chi connectivity index (χ1) is 8.03. The third kappa shape index (κ3) is 5.58. The van der Waals surface area contributed by atoms with E-state index in [1.54, 1.807) is 0 Å². The standard InChI is InChI=1S/C12H19NO3S/c1-3-16-12-8-5-4-7-11(12)13-9-6-10-17(2,14)15/h4-5,7-8,13H,3,6,9-10H2,1-2H3. The minimum Gasteiger partial charge on any atom is -0.492 e. The molecule has 1 rings (SSSR count). The fraction of sp³-hybridized carbons (Fsp3) is 0.500. The van der Waals surface area contributed by atoms with Crippen LogP contribution in [0.4, 0.5) is 5.69 Å². The predicted octanol–water partition coefficient (Wildman–Crippen LogP) is 1.93. The normalized spacial score (nSPS) is 11.2. The summed E-state index contributed by atoms with van der Waals surface area (Å²) in [6.45, 7) is 3.17. The van der Waals surface area contributed by atoms with Crippen LogP contribution in [0.25, 0.3) is 0 Å². The molecule has 4 nitrogen and oxygen atoms in total. The van der Waals surface area contributed by atoms with E-state index >= 15 is 0 Å². The first-order valence-electron chi connectivity index (χ1n) is 5.66. The van der Waals surface area contributed by atoms with Crippen molar-refractivity contribution < 1.29 is 13.2 Å². The highest BCUT2D eigenvalue weighted by Crippen LogP contribution is 2.23. The van der Waals surface area contributed by atoms with Crippen LogP contribution in [0.2, 0.25) is 0 Å². The minimum atomic E-state index is -2.87. The van der Waals surface area contributed by atoms with E-state index in [-0.39, 0.29) is 5.75 Å². The summed E-state index contributed by atoms with van der Waals surface area (Å²) in [5.74, 6) is 1.01. The van der Waals surface area contributed by atoms with Gasteiger partial charge in [-0.15, -0.1) is 0 Å². The second-order valence-electron chi connectivity index (χ2n) is 3.84. The molecule has 0 aromatic heterocycles. The maximum atomic E-state index is 11.0. The SMILES string of the molecule is CCOc1ccccc1NCCCS(C)(=O)=O. The van der Waals surface area contributed by atoms with E-state index in [9.17, 15) is 8.42 Å². The van der Waals surface area contributed by atoms with Crippen LogP contribution in [0.3, 0.4) is 0 Å². The Balaban J connectivity index is 2.46. The average molecular weight is 257 g/mol. The Morgan fingerprint density at radius 1 is 1.29 bits per heavy atom. The monoisotopic (exact) mass is 257 g/mol. The van der Waals surface area contributed by atoms with Crippen molar-refractivity contribution in [1.29, 1.82) is 0 Å². The molecule has 0 aliphatic heterocycles. The third-order valence-electron chi connectivity index (χ3n) is 2.19. The largest absolute Gasteiger partial charge is 0.492 e. The number of anilines is 1. The van der Waals surface area contributed by atoms with Gasteiger partial charge in [0.2, 0.25) is 0 Å². The number of benzene rings is 1. The van der Waals surface area contributed by atoms with Gasteiger partial charge in [-0.25, -0.2) is 8.42 Å². The molecule has 0 aliphatic rings. The molecular formula is C12H19NO3S. The van der Waals surface area contributed by atoms with E-state index in [2.05, 4.69) is 5.32 Å². The summed E-state index contributed by atoms with van der Waals surface area (Å²) >= 11 is 0. The highest BCUT2D eigenvalue weighted by Gasteiger charge is 2.03. The summed E-state index contributed by atoms with van der Waals surface area (Å²) in [6, 6.07) is 7.64. The van der Waals surface area contributed by atoms with Gasteiger partial charge >= 0.3 is 0 Å². The fourth-order valence-electron chi connectivity index (χ4n) is 1.45. The lowest BCUT2D eigenvalue weighted by atomic mass is 10.3. The van der Waals surface area contributed by atoms with Crippen LogP contribution in [0.5, 0.6) is 5.75 Å². The Kier molecular flexibility index (Phi) is 5.28. The van der Waals surface area contributed by atoms with Gasteiger partial charge in [-0.05, 0) is 25.5 Å². The molecule has 0 bridgehead atoms. The summed E-state index contributed by atoms with van der Waals surface area (Å²) in [5.41, 5.74) is 0.905. The molecule has 0 unspecified atom stereocenters. The smallest absolute Gasteiger partial charge is 0.147 e. The van der Waals surface area contributed by atoms with Crippen LogP contribution in [0.1, 0.15) is 13.3 Å². The summed E-state index contributed by atoms with van der Waals surface area (Å²) in [7, 11) is -2.87. The number of sulfone groups is 1. The summed E-state index contributed by atoms with van der Waals surface area (Å²) in [4.78, 5) is 0.